The molecule has 0 bridgehead atoms. The van der Waals surface area contributed by atoms with Crippen LogP contribution in [0.5, 0.6) is 0 Å². The van der Waals surface area contributed by atoms with Gasteiger partial charge in [-0.15, -0.1) is 0 Å². The molecule has 20 heavy (non-hydrogen) atoms. The molecule has 0 fully saturated rings. The zero-order valence-corrected chi connectivity index (χ0v) is 13.3. The quantitative estimate of drug-likeness (QED) is 0.822. The largest absolute Gasteiger partial charge is 0.379 e. The SMILES string of the molecule is NC(=O)c1cc(NCc2ncc(Br)cc2Br)ccc1F. The van der Waals surface area contributed by atoms with E-state index in [0.717, 1.165) is 14.6 Å². The van der Waals surface area contributed by atoms with Gasteiger partial charge in [0.15, 0.2) is 0 Å². The number of benzene rings is 1. The Kier molecular flexibility index (Phi) is 4.72. The number of pyridine rings is 1. The van der Waals surface area contributed by atoms with Crippen LogP contribution in [0.15, 0.2) is 39.4 Å². The summed E-state index contributed by atoms with van der Waals surface area (Å²) in [5.74, 6) is -1.43. The molecule has 0 aliphatic heterocycles. The molecule has 1 amide bonds. The number of anilines is 1. The van der Waals surface area contributed by atoms with Gasteiger partial charge in [-0.25, -0.2) is 4.39 Å². The molecule has 3 N–H and O–H groups in total. The number of nitrogens with zero attached hydrogens (tertiary/aromatic N) is 1. The van der Waals surface area contributed by atoms with Gasteiger partial charge in [0, 0.05) is 20.8 Å². The molecule has 0 aliphatic rings. The lowest BCUT2D eigenvalue weighted by Gasteiger charge is -2.09. The number of halogens is 3. The van der Waals surface area contributed by atoms with Gasteiger partial charge in [0.1, 0.15) is 5.82 Å². The summed E-state index contributed by atoms with van der Waals surface area (Å²) in [6, 6.07) is 5.99. The van der Waals surface area contributed by atoms with E-state index in [1.165, 1.54) is 18.2 Å². The second-order valence-corrected chi connectivity index (χ2v) is 5.76. The minimum absolute atomic E-state index is 0.141. The summed E-state index contributed by atoms with van der Waals surface area (Å²) in [5.41, 5.74) is 6.34. The van der Waals surface area contributed by atoms with Crippen molar-refractivity contribution >= 4 is 43.5 Å². The van der Waals surface area contributed by atoms with Crippen molar-refractivity contribution in [3.8, 4) is 0 Å². The summed E-state index contributed by atoms with van der Waals surface area (Å²) in [4.78, 5) is 15.3. The van der Waals surface area contributed by atoms with Crippen molar-refractivity contribution in [2.75, 3.05) is 5.32 Å². The summed E-state index contributed by atoms with van der Waals surface area (Å²) >= 11 is 6.72. The number of hydrogen-bond acceptors (Lipinski definition) is 3. The molecule has 0 spiro atoms. The maximum Gasteiger partial charge on any atom is 0.251 e. The van der Waals surface area contributed by atoms with Crippen LogP contribution in [0.3, 0.4) is 0 Å². The summed E-state index contributed by atoms with van der Waals surface area (Å²) in [6.45, 7) is 0.428. The van der Waals surface area contributed by atoms with E-state index < -0.39 is 11.7 Å². The topological polar surface area (TPSA) is 68.0 Å². The lowest BCUT2D eigenvalue weighted by atomic mass is 10.1. The number of carbonyl (C=O) groups excluding carboxylic acids is 1. The lowest BCUT2D eigenvalue weighted by molar-refractivity contribution is 0.0996. The smallest absolute Gasteiger partial charge is 0.251 e. The number of amides is 1. The standard InChI is InChI=1S/C13H10Br2FN3O/c14-7-3-10(15)12(19-5-7)6-18-8-1-2-11(16)9(4-8)13(17)20/h1-5,18H,6H2,(H2,17,20). The molecule has 1 aromatic heterocycles. The maximum absolute atomic E-state index is 13.3. The average molecular weight is 403 g/mol. The summed E-state index contributed by atoms with van der Waals surface area (Å²) in [6.07, 6.45) is 1.68. The van der Waals surface area contributed by atoms with Crippen LogP contribution in [-0.4, -0.2) is 10.9 Å². The Bertz CT molecular complexity index is 664. The van der Waals surface area contributed by atoms with Gasteiger partial charge in [0.05, 0.1) is 17.8 Å². The van der Waals surface area contributed by atoms with Crippen molar-refractivity contribution in [2.45, 2.75) is 6.54 Å². The normalized spacial score (nSPS) is 10.3. The van der Waals surface area contributed by atoms with Crippen LogP contribution in [0.25, 0.3) is 0 Å². The predicted octanol–water partition coefficient (Wildman–Crippen LogP) is 3.46. The van der Waals surface area contributed by atoms with Crippen molar-refractivity contribution < 1.29 is 9.18 Å². The first-order valence-electron chi connectivity index (χ1n) is 5.60. The van der Waals surface area contributed by atoms with Crippen LogP contribution in [0.4, 0.5) is 10.1 Å². The van der Waals surface area contributed by atoms with Crippen LogP contribution < -0.4 is 11.1 Å². The minimum atomic E-state index is -0.797. The number of nitrogens with one attached hydrogen (secondary N) is 1. The Hall–Kier alpha value is -1.47. The minimum Gasteiger partial charge on any atom is -0.379 e. The molecule has 0 radical (unpaired) electrons. The predicted molar refractivity (Wildman–Crippen MR) is 81.9 cm³/mol. The van der Waals surface area contributed by atoms with Crippen molar-refractivity contribution in [2.24, 2.45) is 5.73 Å². The molecule has 4 nitrogen and oxygen atoms in total. The number of hydrogen-bond donors (Lipinski definition) is 2. The molecule has 0 aliphatic carbocycles. The second-order valence-electron chi connectivity index (χ2n) is 3.99. The van der Waals surface area contributed by atoms with Gasteiger partial charge in [-0.3, -0.25) is 9.78 Å². The highest BCUT2D eigenvalue weighted by Crippen LogP contribution is 2.21. The van der Waals surface area contributed by atoms with E-state index in [1.807, 2.05) is 6.07 Å². The third kappa shape index (κ3) is 3.55. The molecule has 2 aromatic rings. The van der Waals surface area contributed by atoms with E-state index in [-0.39, 0.29) is 5.56 Å². The molecule has 0 saturated heterocycles. The van der Waals surface area contributed by atoms with Crippen LogP contribution in [0.1, 0.15) is 16.1 Å². The first kappa shape index (κ1) is 14.9. The Morgan fingerprint density at radius 3 is 2.75 bits per heavy atom. The van der Waals surface area contributed by atoms with E-state index in [9.17, 15) is 9.18 Å². The maximum atomic E-state index is 13.3. The van der Waals surface area contributed by atoms with Crippen LogP contribution in [0, 0.1) is 5.82 Å². The van der Waals surface area contributed by atoms with Gasteiger partial charge >= 0.3 is 0 Å². The third-order valence-electron chi connectivity index (χ3n) is 2.58. The second kappa shape index (κ2) is 6.32. The van der Waals surface area contributed by atoms with E-state index in [0.29, 0.717) is 12.2 Å². The fourth-order valence-electron chi connectivity index (χ4n) is 1.58. The molecule has 1 heterocycles. The summed E-state index contributed by atoms with van der Waals surface area (Å²) < 4.78 is 15.0. The van der Waals surface area contributed by atoms with E-state index in [2.05, 4.69) is 42.2 Å². The highest BCUT2D eigenvalue weighted by Gasteiger charge is 2.09. The molecule has 1 aromatic carbocycles. The van der Waals surface area contributed by atoms with Gasteiger partial charge in [-0.1, -0.05) is 0 Å². The zero-order valence-electron chi connectivity index (χ0n) is 10.2. The third-order valence-corrected chi connectivity index (χ3v) is 3.70. The van der Waals surface area contributed by atoms with Gasteiger partial charge in [-0.05, 0) is 56.1 Å². The summed E-state index contributed by atoms with van der Waals surface area (Å²) in [5, 5.41) is 3.06. The average Bonchev–Trinajstić information content (AvgIpc) is 2.39. The van der Waals surface area contributed by atoms with Gasteiger partial charge in [0.25, 0.3) is 5.91 Å². The van der Waals surface area contributed by atoms with Crippen molar-refractivity contribution in [1.29, 1.82) is 0 Å². The molecule has 0 unspecified atom stereocenters. The zero-order chi connectivity index (χ0) is 14.7. The van der Waals surface area contributed by atoms with Crippen molar-refractivity contribution in [3.63, 3.8) is 0 Å². The van der Waals surface area contributed by atoms with Crippen molar-refractivity contribution in [1.82, 2.24) is 4.98 Å². The monoisotopic (exact) mass is 401 g/mol. The fraction of sp³-hybridized carbons (Fsp3) is 0.0769. The first-order valence-corrected chi connectivity index (χ1v) is 7.19. The van der Waals surface area contributed by atoms with Gasteiger partial charge in [0.2, 0.25) is 0 Å². The molecule has 0 saturated carbocycles. The first-order chi connectivity index (χ1) is 9.47. The Morgan fingerprint density at radius 1 is 1.35 bits per heavy atom. The van der Waals surface area contributed by atoms with Gasteiger partial charge < -0.3 is 11.1 Å². The fourth-order valence-corrected chi connectivity index (χ4v) is 2.71. The Morgan fingerprint density at radius 2 is 2.10 bits per heavy atom. The highest BCUT2D eigenvalue weighted by molar-refractivity contribution is 9.11. The number of primary amides is 1. The van der Waals surface area contributed by atoms with Crippen LogP contribution in [0.2, 0.25) is 0 Å². The molecule has 2 rings (SSSR count). The highest BCUT2D eigenvalue weighted by atomic mass is 79.9. The summed E-state index contributed by atoms with van der Waals surface area (Å²) in [7, 11) is 0. The molecule has 7 heteroatoms. The van der Waals surface area contributed by atoms with E-state index >= 15 is 0 Å². The molecular weight excluding hydrogens is 393 g/mol. The Labute approximate surface area is 131 Å². The number of aromatic nitrogens is 1. The van der Waals surface area contributed by atoms with E-state index in [4.69, 9.17) is 5.73 Å². The number of nitrogens with two attached hydrogens (primary N) is 1. The number of carbonyl (C=O) groups is 1. The molecule has 0 atom stereocenters. The van der Waals surface area contributed by atoms with Crippen LogP contribution in [-0.2, 0) is 6.54 Å². The van der Waals surface area contributed by atoms with Crippen molar-refractivity contribution in [3.05, 3.63) is 56.5 Å². The lowest BCUT2D eigenvalue weighted by Crippen LogP contribution is -2.13. The molecular formula is C13H10Br2FN3O. The van der Waals surface area contributed by atoms with Crippen LogP contribution >= 0.6 is 31.9 Å². The van der Waals surface area contributed by atoms with E-state index in [1.54, 1.807) is 6.20 Å². The number of rotatable bonds is 4. The van der Waals surface area contributed by atoms with Gasteiger partial charge in [-0.2, -0.15) is 0 Å². The molecule has 104 valence electrons. The Balaban J connectivity index is 2.15.